The molecule has 0 aliphatic carbocycles. The first kappa shape index (κ1) is 18.4. The molecule has 1 unspecified atom stereocenters. The van der Waals surface area contributed by atoms with E-state index in [1.807, 2.05) is 0 Å². The number of nitrogens with one attached hydrogen (secondary N) is 1. The van der Waals surface area contributed by atoms with Crippen LogP contribution in [0.25, 0.3) is 0 Å². The van der Waals surface area contributed by atoms with Gasteiger partial charge < -0.3 is 10.1 Å². The van der Waals surface area contributed by atoms with Crippen molar-refractivity contribution < 1.29 is 14.3 Å². The van der Waals surface area contributed by atoms with E-state index in [0.29, 0.717) is 18.6 Å². The highest BCUT2D eigenvalue weighted by Gasteiger charge is 2.22. The van der Waals surface area contributed by atoms with Gasteiger partial charge >= 0.3 is 5.97 Å². The van der Waals surface area contributed by atoms with Crippen LogP contribution in [0.3, 0.4) is 0 Å². The summed E-state index contributed by atoms with van der Waals surface area (Å²) < 4.78 is 4.81. The predicted molar refractivity (Wildman–Crippen MR) is 83.2 cm³/mol. The molecule has 4 nitrogen and oxygen atoms in total. The average molecular weight is 305 g/mol. The number of hydrogen-bond donors (Lipinski definition) is 1. The van der Waals surface area contributed by atoms with Crippen LogP contribution in [0.5, 0.6) is 0 Å². The molecule has 0 fully saturated rings. The molecule has 0 radical (unpaired) electrons. The molecule has 0 aliphatic rings. The Balaban J connectivity index is 4.27. The Morgan fingerprint density at radius 1 is 1.42 bits per heavy atom. The lowest BCUT2D eigenvalue weighted by molar-refractivity contribution is -0.144. The first-order valence-electron chi connectivity index (χ1n) is 6.09. The summed E-state index contributed by atoms with van der Waals surface area (Å²) >= 11 is 0. The highest BCUT2D eigenvalue weighted by Crippen LogP contribution is 2.35. The fraction of sp³-hybridized carbons (Fsp3) is 0.692. The first-order chi connectivity index (χ1) is 8.80. The molecule has 110 valence electrons. The van der Waals surface area contributed by atoms with Gasteiger partial charge in [-0.25, -0.2) is 4.79 Å². The molecule has 0 aliphatic heterocycles. The molecule has 0 heterocycles. The van der Waals surface area contributed by atoms with Crippen LogP contribution in [0.4, 0.5) is 0 Å². The van der Waals surface area contributed by atoms with Gasteiger partial charge in [0.1, 0.15) is 6.04 Å². The summed E-state index contributed by atoms with van der Waals surface area (Å²) in [7, 11) is 4.56. The van der Waals surface area contributed by atoms with Crippen LogP contribution in [0.1, 0.15) is 33.6 Å². The van der Waals surface area contributed by atoms with Crippen LogP contribution < -0.4 is 5.32 Å². The maximum absolute atomic E-state index is 11.6. The van der Waals surface area contributed by atoms with Crippen LogP contribution in [0, 0.1) is 0 Å². The van der Waals surface area contributed by atoms with Crippen molar-refractivity contribution in [3.05, 3.63) is 12.7 Å². The number of amides is 1. The summed E-state index contributed by atoms with van der Waals surface area (Å²) in [6.07, 6.45) is 2.62. The first-order valence-corrected chi connectivity index (χ1v) is 8.40. The largest absolute Gasteiger partial charge is 0.467 e. The van der Waals surface area contributed by atoms with Gasteiger partial charge in [-0.1, -0.05) is 48.4 Å². The van der Waals surface area contributed by atoms with Gasteiger partial charge in [-0.2, -0.15) is 0 Å². The van der Waals surface area contributed by atoms with Crippen molar-refractivity contribution in [3.8, 4) is 0 Å². The molecule has 0 aromatic heterocycles. The number of carbonyl (C=O) groups is 2. The van der Waals surface area contributed by atoms with E-state index in [4.69, 9.17) is 4.74 Å². The summed E-state index contributed by atoms with van der Waals surface area (Å²) in [5.41, 5.74) is 0. The fourth-order valence-corrected chi connectivity index (χ4v) is 3.54. The molecule has 1 amide bonds. The number of ether oxygens (including phenoxy) is 1. The third kappa shape index (κ3) is 9.90. The van der Waals surface area contributed by atoms with Crippen molar-refractivity contribution in [1.82, 2.24) is 5.32 Å². The molecule has 1 atom stereocenters. The van der Waals surface area contributed by atoms with Gasteiger partial charge in [0, 0.05) is 16.9 Å². The monoisotopic (exact) mass is 305 g/mol. The van der Waals surface area contributed by atoms with E-state index >= 15 is 0 Å². The van der Waals surface area contributed by atoms with E-state index in [1.165, 1.54) is 7.11 Å². The molecule has 0 spiro atoms. The quantitative estimate of drug-likeness (QED) is 0.424. The standard InChI is InChI=1S/C13H23NO3S2/c1-6-7-8-11(15)14-10(12(16)17-5)9-18-19-13(2,3)4/h6,10H,1,7-9H2,2-5H3,(H,14,15). The van der Waals surface area contributed by atoms with Gasteiger partial charge in [0.15, 0.2) is 0 Å². The summed E-state index contributed by atoms with van der Waals surface area (Å²) in [5, 5.41) is 2.69. The normalized spacial score (nSPS) is 12.6. The number of carbonyl (C=O) groups excluding carboxylic acids is 2. The second kappa shape index (κ2) is 9.31. The average Bonchev–Trinajstić information content (AvgIpc) is 2.32. The topological polar surface area (TPSA) is 55.4 Å². The Bertz CT molecular complexity index is 314. The Labute approximate surface area is 123 Å². The molecule has 0 saturated carbocycles. The molecule has 0 bridgehead atoms. The fourth-order valence-electron chi connectivity index (χ4n) is 1.09. The van der Waals surface area contributed by atoms with Crippen LogP contribution in [-0.4, -0.2) is 35.5 Å². The minimum atomic E-state index is -0.595. The van der Waals surface area contributed by atoms with Crippen molar-refractivity contribution in [2.24, 2.45) is 0 Å². The van der Waals surface area contributed by atoms with E-state index in [-0.39, 0.29) is 10.7 Å². The van der Waals surface area contributed by atoms with Crippen LogP contribution in [0.15, 0.2) is 12.7 Å². The molecular formula is C13H23NO3S2. The second-order valence-electron chi connectivity index (χ2n) is 4.95. The number of methoxy groups -OCH3 is 1. The predicted octanol–water partition coefficient (Wildman–Crippen LogP) is 2.79. The smallest absolute Gasteiger partial charge is 0.329 e. The van der Waals surface area contributed by atoms with Crippen LogP contribution in [0.2, 0.25) is 0 Å². The highest BCUT2D eigenvalue weighted by atomic mass is 33.1. The van der Waals surface area contributed by atoms with Crippen molar-refractivity contribution in [2.45, 2.75) is 44.4 Å². The Morgan fingerprint density at radius 3 is 2.53 bits per heavy atom. The van der Waals surface area contributed by atoms with Gasteiger partial charge in [0.2, 0.25) is 5.91 Å². The zero-order valence-electron chi connectivity index (χ0n) is 12.0. The molecule has 0 rings (SSSR count). The minimum absolute atomic E-state index is 0.109. The lowest BCUT2D eigenvalue weighted by atomic mass is 10.2. The van der Waals surface area contributed by atoms with E-state index in [1.54, 1.807) is 27.7 Å². The number of allylic oxidation sites excluding steroid dienone is 1. The van der Waals surface area contributed by atoms with E-state index in [0.717, 1.165) is 0 Å². The van der Waals surface area contributed by atoms with Gasteiger partial charge in [-0.3, -0.25) is 4.79 Å². The van der Waals surface area contributed by atoms with Crippen LogP contribution in [-0.2, 0) is 14.3 Å². The maximum atomic E-state index is 11.6. The lowest BCUT2D eigenvalue weighted by Gasteiger charge is -2.19. The van der Waals surface area contributed by atoms with Gasteiger partial charge in [0.05, 0.1) is 7.11 Å². The molecule has 6 heteroatoms. The third-order valence-electron chi connectivity index (χ3n) is 1.94. The Kier molecular flexibility index (Phi) is 9.01. The van der Waals surface area contributed by atoms with E-state index < -0.39 is 12.0 Å². The maximum Gasteiger partial charge on any atom is 0.329 e. The Morgan fingerprint density at radius 2 is 2.05 bits per heavy atom. The SMILES string of the molecule is C=CCCC(=O)NC(CSSC(C)(C)C)C(=O)OC. The van der Waals surface area contributed by atoms with Gasteiger partial charge in [-0.15, -0.1) is 6.58 Å². The van der Waals surface area contributed by atoms with Crippen molar-refractivity contribution in [1.29, 1.82) is 0 Å². The van der Waals surface area contributed by atoms with E-state index in [9.17, 15) is 9.59 Å². The number of rotatable bonds is 8. The van der Waals surface area contributed by atoms with Crippen LogP contribution >= 0.6 is 21.6 Å². The van der Waals surface area contributed by atoms with Crippen molar-refractivity contribution >= 4 is 33.5 Å². The third-order valence-corrected chi connectivity index (χ3v) is 5.29. The van der Waals surface area contributed by atoms with Gasteiger partial charge in [-0.05, 0) is 6.42 Å². The van der Waals surface area contributed by atoms with Gasteiger partial charge in [0.25, 0.3) is 0 Å². The summed E-state index contributed by atoms with van der Waals surface area (Å²) in [5.74, 6) is -0.0698. The second-order valence-corrected chi connectivity index (χ2v) is 8.12. The summed E-state index contributed by atoms with van der Waals surface area (Å²) in [6, 6.07) is -0.595. The zero-order valence-corrected chi connectivity index (χ0v) is 13.7. The molecule has 1 N–H and O–H groups in total. The minimum Gasteiger partial charge on any atom is -0.467 e. The number of hydrogen-bond acceptors (Lipinski definition) is 5. The number of esters is 1. The Hall–Kier alpha value is -0.620. The van der Waals surface area contributed by atoms with Crippen molar-refractivity contribution in [3.63, 3.8) is 0 Å². The molecule has 0 aromatic rings. The highest BCUT2D eigenvalue weighted by molar-refractivity contribution is 8.77. The molecule has 0 saturated heterocycles. The van der Waals surface area contributed by atoms with Crippen molar-refractivity contribution in [2.75, 3.05) is 12.9 Å². The summed E-state index contributed by atoms with van der Waals surface area (Å²) in [6.45, 7) is 9.85. The zero-order chi connectivity index (χ0) is 14.9. The summed E-state index contributed by atoms with van der Waals surface area (Å²) in [4.78, 5) is 23.2. The molecule has 0 aromatic carbocycles. The van der Waals surface area contributed by atoms with E-state index in [2.05, 4.69) is 32.7 Å². The lowest BCUT2D eigenvalue weighted by Crippen LogP contribution is -2.43. The molecular weight excluding hydrogens is 282 g/mol. The molecule has 19 heavy (non-hydrogen) atoms.